The fourth-order valence-corrected chi connectivity index (χ4v) is 5.07. The Balaban J connectivity index is 2.01. The van der Waals surface area contributed by atoms with Crippen LogP contribution in [0.1, 0.15) is 47.5 Å². The van der Waals surface area contributed by atoms with Crippen molar-refractivity contribution in [2.24, 2.45) is 11.3 Å². The van der Waals surface area contributed by atoms with Gasteiger partial charge in [-0.2, -0.15) is 0 Å². The molecule has 1 fully saturated rings. The summed E-state index contributed by atoms with van der Waals surface area (Å²) < 4.78 is 18.4. The highest BCUT2D eigenvalue weighted by Crippen LogP contribution is 2.59. The molecule has 0 amide bonds. The lowest BCUT2D eigenvalue weighted by Crippen LogP contribution is -2.51. The van der Waals surface area contributed by atoms with Crippen LogP contribution in [-0.4, -0.2) is 30.9 Å². The lowest BCUT2D eigenvalue weighted by atomic mass is 9.66. The zero-order valence-corrected chi connectivity index (χ0v) is 21.6. The highest BCUT2D eigenvalue weighted by molar-refractivity contribution is 9.10. The molecule has 0 unspecified atom stereocenters. The Morgan fingerprint density at radius 2 is 1.31 bits per heavy atom. The van der Waals surface area contributed by atoms with Crippen molar-refractivity contribution in [1.29, 1.82) is 0 Å². The predicted molar refractivity (Wildman–Crippen MR) is 137 cm³/mol. The Bertz CT molecular complexity index is 1190. The van der Waals surface area contributed by atoms with E-state index in [4.69, 9.17) is 14.2 Å². The molecule has 0 aliphatic carbocycles. The summed E-state index contributed by atoms with van der Waals surface area (Å²) in [6, 6.07) is 24.8. The van der Waals surface area contributed by atoms with Gasteiger partial charge in [-0.1, -0.05) is 88.7 Å². The molecule has 3 atom stereocenters. The monoisotopic (exact) mass is 550 g/mol. The first-order chi connectivity index (χ1) is 17.4. The number of carbonyl (C=O) groups excluding carboxylic acids is 3. The number of benzene rings is 3. The standard InChI is InChI=1S/C29H27BrO6/c1-3-34-27(32)29(28(33)35-4-2)23(24(31)19-11-7-5-8-12-19)25(20-15-17-22(30)18-16-20)36-26(29)21-13-9-6-10-14-21/h5-18,23,25-26H,3-4H2,1-2H3/t23-,25-,26+/m1/s1. The summed E-state index contributed by atoms with van der Waals surface area (Å²) in [5, 5.41) is 0. The molecule has 3 aromatic rings. The zero-order valence-electron chi connectivity index (χ0n) is 20.1. The second-order valence-electron chi connectivity index (χ2n) is 8.42. The second kappa shape index (κ2) is 11.2. The van der Waals surface area contributed by atoms with Gasteiger partial charge in [0.2, 0.25) is 5.41 Å². The zero-order chi connectivity index (χ0) is 25.7. The molecule has 1 saturated heterocycles. The highest BCUT2D eigenvalue weighted by Gasteiger charge is 2.70. The number of Topliss-reactive ketones (excluding diaryl/α,β-unsaturated/α-hetero) is 1. The Hall–Kier alpha value is -3.29. The first-order valence-electron chi connectivity index (χ1n) is 11.8. The highest BCUT2D eigenvalue weighted by atomic mass is 79.9. The molecule has 1 aliphatic heterocycles. The molecule has 186 valence electrons. The van der Waals surface area contributed by atoms with Gasteiger partial charge in [-0.3, -0.25) is 14.4 Å². The summed E-state index contributed by atoms with van der Waals surface area (Å²) in [5.74, 6) is -3.31. The molecule has 1 aliphatic rings. The minimum Gasteiger partial charge on any atom is -0.465 e. The van der Waals surface area contributed by atoms with E-state index in [-0.39, 0.29) is 13.2 Å². The SMILES string of the molecule is CCOC(=O)C1(C(=O)OCC)[C@H](C(=O)c2ccccc2)[C@@H](c2ccc(Br)cc2)O[C@H]1c1ccccc1. The smallest absolute Gasteiger partial charge is 0.327 e. The molecular formula is C29H27BrO6. The van der Waals surface area contributed by atoms with E-state index in [1.54, 1.807) is 68.4 Å². The molecule has 7 heteroatoms. The van der Waals surface area contributed by atoms with Crippen molar-refractivity contribution in [1.82, 2.24) is 0 Å². The van der Waals surface area contributed by atoms with Crippen LogP contribution in [0.3, 0.4) is 0 Å². The lowest BCUT2D eigenvalue weighted by Gasteiger charge is -2.33. The summed E-state index contributed by atoms with van der Waals surface area (Å²) >= 11 is 3.44. The van der Waals surface area contributed by atoms with E-state index >= 15 is 0 Å². The average Bonchev–Trinajstić information content (AvgIpc) is 3.27. The van der Waals surface area contributed by atoms with Gasteiger partial charge in [0.05, 0.1) is 25.2 Å². The van der Waals surface area contributed by atoms with Crippen LogP contribution in [0, 0.1) is 11.3 Å². The van der Waals surface area contributed by atoms with Crippen LogP contribution in [0.4, 0.5) is 0 Å². The van der Waals surface area contributed by atoms with Crippen LogP contribution >= 0.6 is 15.9 Å². The van der Waals surface area contributed by atoms with Gasteiger partial charge in [0.25, 0.3) is 0 Å². The van der Waals surface area contributed by atoms with Crippen LogP contribution in [-0.2, 0) is 23.8 Å². The topological polar surface area (TPSA) is 78.9 Å². The molecule has 3 aromatic carbocycles. The summed E-state index contributed by atoms with van der Waals surface area (Å²) in [6.07, 6.45) is -2.02. The van der Waals surface area contributed by atoms with Crippen LogP contribution in [0.15, 0.2) is 89.4 Å². The van der Waals surface area contributed by atoms with E-state index < -0.39 is 41.3 Å². The Kier molecular flexibility index (Phi) is 8.01. The number of rotatable bonds is 8. The summed E-state index contributed by atoms with van der Waals surface area (Å²) in [5.41, 5.74) is -0.467. The van der Waals surface area contributed by atoms with Crippen molar-refractivity contribution < 1.29 is 28.6 Å². The number of ketones is 1. The maximum absolute atomic E-state index is 14.2. The quantitative estimate of drug-likeness (QED) is 0.198. The van der Waals surface area contributed by atoms with E-state index in [0.29, 0.717) is 16.7 Å². The summed E-state index contributed by atoms with van der Waals surface area (Å²) in [4.78, 5) is 42.0. The van der Waals surface area contributed by atoms with Crippen molar-refractivity contribution in [2.75, 3.05) is 13.2 Å². The third-order valence-corrected chi connectivity index (χ3v) is 6.89. The summed E-state index contributed by atoms with van der Waals surface area (Å²) in [7, 11) is 0. The molecule has 36 heavy (non-hydrogen) atoms. The molecule has 0 radical (unpaired) electrons. The molecular weight excluding hydrogens is 524 g/mol. The Morgan fingerprint density at radius 1 is 0.778 bits per heavy atom. The number of esters is 2. The largest absolute Gasteiger partial charge is 0.465 e. The van der Waals surface area contributed by atoms with Gasteiger partial charge < -0.3 is 14.2 Å². The normalized spacial score (nSPS) is 20.5. The van der Waals surface area contributed by atoms with Crippen LogP contribution in [0.25, 0.3) is 0 Å². The van der Waals surface area contributed by atoms with Crippen molar-refractivity contribution in [2.45, 2.75) is 26.1 Å². The molecule has 1 heterocycles. The van der Waals surface area contributed by atoms with E-state index in [9.17, 15) is 14.4 Å². The van der Waals surface area contributed by atoms with Gasteiger partial charge in [-0.15, -0.1) is 0 Å². The summed E-state index contributed by atoms with van der Waals surface area (Å²) in [6.45, 7) is 3.36. The van der Waals surface area contributed by atoms with Gasteiger partial charge in [-0.05, 0) is 37.1 Å². The maximum atomic E-state index is 14.2. The van der Waals surface area contributed by atoms with E-state index in [1.807, 2.05) is 30.3 Å². The molecule has 0 bridgehead atoms. The number of carbonyl (C=O) groups is 3. The molecule has 0 saturated carbocycles. The number of ether oxygens (including phenoxy) is 3. The molecule has 0 spiro atoms. The number of hydrogen-bond donors (Lipinski definition) is 0. The number of hydrogen-bond acceptors (Lipinski definition) is 6. The fraction of sp³-hybridized carbons (Fsp3) is 0.276. The second-order valence-corrected chi connectivity index (χ2v) is 9.33. The minimum absolute atomic E-state index is 0.0245. The van der Waals surface area contributed by atoms with Gasteiger partial charge in [0.1, 0.15) is 6.10 Å². The van der Waals surface area contributed by atoms with Crippen LogP contribution < -0.4 is 0 Å². The van der Waals surface area contributed by atoms with Crippen molar-refractivity contribution in [3.05, 3.63) is 106 Å². The van der Waals surface area contributed by atoms with Crippen molar-refractivity contribution in [3.63, 3.8) is 0 Å². The molecule has 6 nitrogen and oxygen atoms in total. The van der Waals surface area contributed by atoms with E-state index in [2.05, 4.69) is 15.9 Å². The van der Waals surface area contributed by atoms with E-state index in [0.717, 1.165) is 4.47 Å². The van der Waals surface area contributed by atoms with Crippen molar-refractivity contribution >= 4 is 33.7 Å². The Labute approximate surface area is 218 Å². The minimum atomic E-state index is -2.06. The van der Waals surface area contributed by atoms with Gasteiger partial charge in [0.15, 0.2) is 5.78 Å². The van der Waals surface area contributed by atoms with Crippen molar-refractivity contribution in [3.8, 4) is 0 Å². The lowest BCUT2D eigenvalue weighted by molar-refractivity contribution is -0.178. The van der Waals surface area contributed by atoms with Crippen LogP contribution in [0.2, 0.25) is 0 Å². The average molecular weight is 551 g/mol. The molecule has 0 N–H and O–H groups in total. The van der Waals surface area contributed by atoms with Gasteiger partial charge >= 0.3 is 11.9 Å². The van der Waals surface area contributed by atoms with Gasteiger partial charge in [0, 0.05) is 10.0 Å². The molecule has 4 rings (SSSR count). The fourth-order valence-electron chi connectivity index (χ4n) is 4.81. The van der Waals surface area contributed by atoms with Crippen LogP contribution in [0.5, 0.6) is 0 Å². The maximum Gasteiger partial charge on any atom is 0.327 e. The third kappa shape index (κ3) is 4.61. The predicted octanol–water partition coefficient (Wildman–Crippen LogP) is 5.87. The first kappa shape index (κ1) is 25.8. The third-order valence-electron chi connectivity index (χ3n) is 6.36. The van der Waals surface area contributed by atoms with Gasteiger partial charge in [-0.25, -0.2) is 0 Å². The number of halogens is 1. The Morgan fingerprint density at radius 3 is 1.83 bits per heavy atom. The van der Waals surface area contributed by atoms with E-state index in [1.165, 1.54) is 0 Å². The first-order valence-corrected chi connectivity index (χ1v) is 12.6. The molecule has 0 aromatic heterocycles.